The second-order valence-electron chi connectivity index (χ2n) is 3.56. The molecule has 19 heavy (non-hydrogen) atoms. The van der Waals surface area contributed by atoms with Crippen LogP contribution in [0.4, 0.5) is 5.69 Å². The lowest BCUT2D eigenvalue weighted by Crippen LogP contribution is -2.12. The van der Waals surface area contributed by atoms with Gasteiger partial charge in [-0.05, 0) is 12.1 Å². The molecule has 2 aromatic rings. The second-order valence-corrected chi connectivity index (χ2v) is 3.56. The number of amides is 1. The molecule has 1 aromatic heterocycles. The molecule has 8 nitrogen and oxygen atoms in total. The fourth-order valence-electron chi connectivity index (χ4n) is 1.61. The number of nitrogens with zero attached hydrogens (tertiary/aromatic N) is 4. The van der Waals surface area contributed by atoms with Crippen LogP contribution in [0.2, 0.25) is 0 Å². The van der Waals surface area contributed by atoms with Gasteiger partial charge in [-0.15, -0.1) is 0 Å². The fourth-order valence-corrected chi connectivity index (χ4v) is 1.61. The van der Waals surface area contributed by atoms with Crippen LogP contribution >= 0.6 is 0 Å². The fraction of sp³-hybridized carbons (Fsp3) is 0. The molecule has 0 fully saturated rings. The number of nitrogens with two attached hydrogens (primary N) is 1. The van der Waals surface area contributed by atoms with Crippen molar-refractivity contribution in [1.29, 1.82) is 5.26 Å². The Balaban J connectivity index is 2.68. The lowest BCUT2D eigenvalue weighted by Gasteiger charge is -2.05. The van der Waals surface area contributed by atoms with Crippen LogP contribution in [0.15, 0.2) is 30.6 Å². The van der Waals surface area contributed by atoms with E-state index in [0.717, 1.165) is 6.07 Å². The average Bonchev–Trinajstić information content (AvgIpc) is 2.85. The Bertz CT molecular complexity index is 713. The number of nitro benzene ring substituents is 1. The van der Waals surface area contributed by atoms with E-state index in [4.69, 9.17) is 11.0 Å². The number of rotatable bonds is 3. The molecule has 0 aliphatic carbocycles. The molecule has 2 N–H and O–H groups in total. The van der Waals surface area contributed by atoms with E-state index in [1.54, 1.807) is 0 Å². The third-order valence-corrected chi connectivity index (χ3v) is 2.46. The largest absolute Gasteiger partial charge is 0.366 e. The first-order valence-electron chi connectivity index (χ1n) is 5.06. The zero-order chi connectivity index (χ0) is 14.0. The summed E-state index contributed by atoms with van der Waals surface area (Å²) in [6.07, 6.45) is 2.77. The van der Waals surface area contributed by atoms with Crippen molar-refractivity contribution in [3.05, 3.63) is 52.1 Å². The first-order valence-corrected chi connectivity index (χ1v) is 5.06. The molecule has 94 valence electrons. The minimum Gasteiger partial charge on any atom is -0.366 e. The van der Waals surface area contributed by atoms with Crippen molar-refractivity contribution in [3.8, 4) is 11.8 Å². The molecular formula is C11H7N5O3. The summed E-state index contributed by atoms with van der Waals surface area (Å²) in [6.45, 7) is 0. The van der Waals surface area contributed by atoms with Crippen LogP contribution in [0.3, 0.4) is 0 Å². The number of carbonyl (C=O) groups is 1. The Morgan fingerprint density at radius 3 is 2.84 bits per heavy atom. The Morgan fingerprint density at radius 2 is 2.26 bits per heavy atom. The van der Waals surface area contributed by atoms with Gasteiger partial charge in [-0.25, -0.2) is 4.98 Å². The van der Waals surface area contributed by atoms with Crippen molar-refractivity contribution < 1.29 is 9.72 Å². The molecular weight excluding hydrogens is 250 g/mol. The molecule has 2 rings (SSSR count). The predicted octanol–water partition coefficient (Wildman–Crippen LogP) is 0.751. The Hall–Kier alpha value is -3.21. The van der Waals surface area contributed by atoms with Crippen molar-refractivity contribution in [2.75, 3.05) is 0 Å². The summed E-state index contributed by atoms with van der Waals surface area (Å²) < 4.78 is 1.27. The van der Waals surface area contributed by atoms with Gasteiger partial charge in [0.05, 0.1) is 4.92 Å². The average molecular weight is 257 g/mol. The van der Waals surface area contributed by atoms with Gasteiger partial charge in [0.1, 0.15) is 11.8 Å². The number of hydrogen-bond donors (Lipinski definition) is 1. The van der Waals surface area contributed by atoms with Crippen LogP contribution in [-0.2, 0) is 0 Å². The first kappa shape index (κ1) is 12.3. The highest BCUT2D eigenvalue weighted by Gasteiger charge is 2.19. The van der Waals surface area contributed by atoms with Gasteiger partial charge in [-0.2, -0.15) is 5.26 Å². The molecule has 1 aromatic carbocycles. The van der Waals surface area contributed by atoms with Gasteiger partial charge in [-0.1, -0.05) is 0 Å². The summed E-state index contributed by atoms with van der Waals surface area (Å²) in [5.41, 5.74) is 4.91. The highest BCUT2D eigenvalue weighted by molar-refractivity contribution is 5.94. The number of nitro groups is 1. The standard InChI is InChI=1S/C11H7N5O3/c12-6-10-14-3-4-15(10)8-2-1-7(11(13)17)5-9(8)16(18)19/h1-5H,(H2,13,17). The molecule has 1 heterocycles. The summed E-state index contributed by atoms with van der Waals surface area (Å²) in [5, 5.41) is 19.9. The van der Waals surface area contributed by atoms with Crippen molar-refractivity contribution in [1.82, 2.24) is 9.55 Å². The number of benzene rings is 1. The number of hydrogen-bond acceptors (Lipinski definition) is 5. The Labute approximate surface area is 106 Å². The molecule has 0 spiro atoms. The highest BCUT2D eigenvalue weighted by atomic mass is 16.6. The molecule has 0 atom stereocenters. The molecule has 0 aliphatic heterocycles. The predicted molar refractivity (Wildman–Crippen MR) is 63.5 cm³/mol. The monoisotopic (exact) mass is 257 g/mol. The summed E-state index contributed by atoms with van der Waals surface area (Å²) in [4.78, 5) is 25.2. The highest BCUT2D eigenvalue weighted by Crippen LogP contribution is 2.25. The van der Waals surface area contributed by atoms with Gasteiger partial charge < -0.3 is 5.73 Å². The van der Waals surface area contributed by atoms with Crippen molar-refractivity contribution in [2.45, 2.75) is 0 Å². The van der Waals surface area contributed by atoms with E-state index in [9.17, 15) is 14.9 Å². The zero-order valence-electron chi connectivity index (χ0n) is 9.48. The summed E-state index contributed by atoms with van der Waals surface area (Å²) in [6, 6.07) is 5.58. The molecule has 0 saturated carbocycles. The minimum absolute atomic E-state index is 0.00919. The van der Waals surface area contributed by atoms with Gasteiger partial charge >= 0.3 is 0 Å². The maximum atomic E-state index is 11.0. The second kappa shape index (κ2) is 4.58. The van der Waals surface area contributed by atoms with Crippen LogP contribution in [0, 0.1) is 21.4 Å². The van der Waals surface area contributed by atoms with Crippen molar-refractivity contribution in [2.24, 2.45) is 5.73 Å². The van der Waals surface area contributed by atoms with E-state index in [0.29, 0.717) is 0 Å². The van der Waals surface area contributed by atoms with E-state index in [2.05, 4.69) is 4.98 Å². The Morgan fingerprint density at radius 1 is 1.53 bits per heavy atom. The van der Waals surface area contributed by atoms with Crippen molar-refractivity contribution >= 4 is 11.6 Å². The normalized spacial score (nSPS) is 9.84. The zero-order valence-corrected chi connectivity index (χ0v) is 9.48. The third kappa shape index (κ3) is 2.12. The summed E-state index contributed by atoms with van der Waals surface area (Å²) in [5.74, 6) is -0.754. The number of nitriles is 1. The third-order valence-electron chi connectivity index (χ3n) is 2.46. The van der Waals surface area contributed by atoms with Crippen LogP contribution < -0.4 is 5.73 Å². The molecule has 0 radical (unpaired) electrons. The van der Waals surface area contributed by atoms with Gasteiger partial charge in [-0.3, -0.25) is 19.5 Å². The number of carbonyl (C=O) groups excluding carboxylic acids is 1. The van der Waals surface area contributed by atoms with E-state index >= 15 is 0 Å². The van der Waals surface area contributed by atoms with E-state index < -0.39 is 10.8 Å². The summed E-state index contributed by atoms with van der Waals surface area (Å²) >= 11 is 0. The van der Waals surface area contributed by atoms with Crippen molar-refractivity contribution in [3.63, 3.8) is 0 Å². The van der Waals surface area contributed by atoms with E-state index in [-0.39, 0.29) is 22.8 Å². The Kier molecular flexibility index (Phi) is 2.95. The quantitative estimate of drug-likeness (QED) is 0.640. The molecule has 0 saturated heterocycles. The number of aromatic nitrogens is 2. The molecule has 0 aliphatic rings. The van der Waals surface area contributed by atoms with Gasteiger partial charge in [0, 0.05) is 24.0 Å². The van der Waals surface area contributed by atoms with Crippen LogP contribution in [0.25, 0.3) is 5.69 Å². The van der Waals surface area contributed by atoms with Crippen LogP contribution in [0.1, 0.15) is 16.2 Å². The maximum Gasteiger partial charge on any atom is 0.294 e. The van der Waals surface area contributed by atoms with E-state index in [1.807, 2.05) is 6.07 Å². The maximum absolute atomic E-state index is 11.0. The smallest absolute Gasteiger partial charge is 0.294 e. The topological polar surface area (TPSA) is 128 Å². The van der Waals surface area contributed by atoms with Crippen LogP contribution in [0.5, 0.6) is 0 Å². The molecule has 0 unspecified atom stereocenters. The molecule has 8 heteroatoms. The SMILES string of the molecule is N#Cc1nccn1-c1ccc(C(N)=O)cc1[N+](=O)[O-]. The number of primary amides is 1. The molecule has 0 bridgehead atoms. The van der Waals surface area contributed by atoms with E-state index in [1.165, 1.54) is 29.1 Å². The first-order chi connectivity index (χ1) is 9.04. The van der Waals surface area contributed by atoms with Gasteiger partial charge in [0.25, 0.3) is 5.69 Å². The summed E-state index contributed by atoms with van der Waals surface area (Å²) in [7, 11) is 0. The minimum atomic E-state index is -0.763. The van der Waals surface area contributed by atoms with Crippen LogP contribution in [-0.4, -0.2) is 20.4 Å². The lowest BCUT2D eigenvalue weighted by molar-refractivity contribution is -0.384. The van der Waals surface area contributed by atoms with Gasteiger partial charge in [0.15, 0.2) is 0 Å². The lowest BCUT2D eigenvalue weighted by atomic mass is 10.1. The van der Waals surface area contributed by atoms with Gasteiger partial charge in [0.2, 0.25) is 11.7 Å². The number of imidazole rings is 1. The molecule has 1 amide bonds.